The second kappa shape index (κ2) is 11.1. The summed E-state index contributed by atoms with van der Waals surface area (Å²) in [6, 6.07) is 10.0. The molecular weight excluding hydrogens is 168 g/mol. The molecule has 1 rings (SSSR count). The van der Waals surface area contributed by atoms with Crippen LogP contribution in [-0.2, 0) is 21.9 Å². The van der Waals surface area contributed by atoms with Crippen molar-refractivity contribution in [2.24, 2.45) is 0 Å². The molecule has 0 aliphatic carbocycles. The zero-order chi connectivity index (χ0) is 6.95. The van der Waals surface area contributed by atoms with E-state index < -0.39 is 0 Å². The van der Waals surface area contributed by atoms with Gasteiger partial charge >= 0.3 is 17.1 Å². The molecule has 0 aromatic heterocycles. The van der Waals surface area contributed by atoms with Crippen molar-refractivity contribution in [2.75, 3.05) is 0 Å². The molecule has 0 atom stereocenters. The van der Waals surface area contributed by atoms with Crippen LogP contribution < -0.4 is 0 Å². The fourth-order valence-corrected chi connectivity index (χ4v) is 0.321. The molecule has 1 nitrogen and oxygen atoms in total. The zero-order valence-electron chi connectivity index (χ0n) is 5.43. The minimum Gasteiger partial charge on any atom is -0.419 e. The minimum atomic E-state index is 0. The third-order valence-electron chi connectivity index (χ3n) is 0.639. The molecule has 0 amide bonds. The molecule has 2 heteroatoms. The molecule has 0 fully saturated rings. The summed E-state index contributed by atoms with van der Waals surface area (Å²) >= 11 is 0. The van der Waals surface area contributed by atoms with E-state index in [9.17, 15) is 0 Å². The molecular formula is C8H8FeO. The Morgan fingerprint density at radius 2 is 1.80 bits per heavy atom. The quantitative estimate of drug-likeness (QED) is 0.361. The smallest absolute Gasteiger partial charge is 0.419 e. The van der Waals surface area contributed by atoms with Gasteiger partial charge in [-0.1, -0.05) is 0 Å². The van der Waals surface area contributed by atoms with Gasteiger partial charge < -0.3 is 4.79 Å². The molecule has 0 aliphatic heterocycles. The van der Waals surface area contributed by atoms with E-state index in [1.807, 2.05) is 30.3 Å². The van der Waals surface area contributed by atoms with E-state index in [2.05, 4.69) is 6.58 Å². The van der Waals surface area contributed by atoms with Gasteiger partial charge in [-0.3, -0.25) is 0 Å². The number of carbonyl (C=O) groups excluding carboxylic acids is 1. The average molecular weight is 176 g/mol. The molecule has 0 saturated heterocycles. The van der Waals surface area contributed by atoms with Crippen molar-refractivity contribution in [3.63, 3.8) is 0 Å². The van der Waals surface area contributed by atoms with Gasteiger partial charge in [0.25, 0.3) is 0 Å². The van der Waals surface area contributed by atoms with Gasteiger partial charge in [-0.15, -0.1) is 0 Å². The molecule has 0 aliphatic rings. The van der Waals surface area contributed by atoms with Crippen molar-refractivity contribution in [1.82, 2.24) is 0 Å². The predicted octanol–water partition coefficient (Wildman–Crippen LogP) is 1.69. The van der Waals surface area contributed by atoms with Crippen LogP contribution in [0.25, 0.3) is 0 Å². The molecule has 0 spiro atoms. The first-order valence-corrected chi connectivity index (χ1v) is 2.57. The largest absolute Gasteiger partial charge is 2.00 e. The first-order chi connectivity index (χ1) is 4.41. The Balaban J connectivity index is 0. The summed E-state index contributed by atoms with van der Waals surface area (Å²) < 4.78 is 0. The second-order valence-corrected chi connectivity index (χ2v) is 1.28. The maximum Gasteiger partial charge on any atom is 2.00 e. The first-order valence-electron chi connectivity index (χ1n) is 2.57. The molecule has 0 bridgehead atoms. The first kappa shape index (κ1) is 12.0. The second-order valence-electron chi connectivity index (χ2n) is 1.28. The summed E-state index contributed by atoms with van der Waals surface area (Å²) in [5, 5.41) is 0. The molecule has 0 heterocycles. The number of hydrogen-bond acceptors (Lipinski definition) is 1. The number of allylic oxidation sites excluding steroid dienone is 1. The van der Waals surface area contributed by atoms with Crippen LogP contribution >= 0.6 is 0 Å². The van der Waals surface area contributed by atoms with Crippen molar-refractivity contribution in [3.8, 4) is 0 Å². The van der Waals surface area contributed by atoms with E-state index in [0.29, 0.717) is 0 Å². The van der Waals surface area contributed by atoms with Crippen molar-refractivity contribution in [2.45, 2.75) is 0 Å². The van der Waals surface area contributed by atoms with Gasteiger partial charge in [0, 0.05) is 0 Å². The molecule has 10 heavy (non-hydrogen) atoms. The van der Waals surface area contributed by atoms with E-state index >= 15 is 0 Å². The number of hydrogen-bond donors (Lipinski definition) is 0. The Bertz CT molecular complexity index is 121. The molecule has 0 saturated carbocycles. The van der Waals surface area contributed by atoms with Crippen LogP contribution in [0.5, 0.6) is 0 Å². The normalized spacial score (nSPS) is 6.00. The van der Waals surface area contributed by atoms with Gasteiger partial charge in [0.1, 0.15) is 0 Å². The summed E-state index contributed by atoms with van der Waals surface area (Å²) in [5.74, 6) is 0. The van der Waals surface area contributed by atoms with E-state index in [4.69, 9.17) is 4.79 Å². The van der Waals surface area contributed by atoms with Crippen molar-refractivity contribution < 1.29 is 21.9 Å². The van der Waals surface area contributed by atoms with Crippen LogP contribution in [0, 0.1) is 0 Å². The van der Waals surface area contributed by atoms with E-state index in [-0.39, 0.29) is 17.1 Å². The SMILES string of the molecule is C=C[C-]=O.[Fe+2].c1cc[cH-]c1. The molecule has 1 aromatic rings. The summed E-state index contributed by atoms with van der Waals surface area (Å²) in [6.07, 6.45) is 2.51. The van der Waals surface area contributed by atoms with Crippen LogP contribution in [0.2, 0.25) is 0 Å². The molecule has 54 valence electrons. The maximum atomic E-state index is 8.93. The molecule has 0 N–H and O–H groups in total. The maximum absolute atomic E-state index is 8.93. The average Bonchev–Trinajstić information content (AvgIpc) is 2.43. The Morgan fingerprint density at radius 1 is 1.40 bits per heavy atom. The Morgan fingerprint density at radius 3 is 1.90 bits per heavy atom. The Hall–Kier alpha value is -0.721. The fourth-order valence-electron chi connectivity index (χ4n) is 0.321. The summed E-state index contributed by atoms with van der Waals surface area (Å²) in [7, 11) is 0. The number of rotatable bonds is 1. The van der Waals surface area contributed by atoms with Gasteiger partial charge in [-0.05, 0) is 6.29 Å². The minimum absolute atomic E-state index is 0. The summed E-state index contributed by atoms with van der Waals surface area (Å²) in [4.78, 5) is 8.93. The van der Waals surface area contributed by atoms with Crippen LogP contribution in [0.3, 0.4) is 0 Å². The van der Waals surface area contributed by atoms with Crippen LogP contribution in [-0.4, -0.2) is 6.29 Å². The topological polar surface area (TPSA) is 17.1 Å². The van der Waals surface area contributed by atoms with Gasteiger partial charge in [0.2, 0.25) is 0 Å². The fraction of sp³-hybridized carbons (Fsp3) is 0. The van der Waals surface area contributed by atoms with Crippen molar-refractivity contribution >= 4 is 6.29 Å². The van der Waals surface area contributed by atoms with E-state index in [1.165, 1.54) is 6.29 Å². The third kappa shape index (κ3) is 10.3. The standard InChI is InChI=1S/C5H5.C3H3O.Fe/c1-2-4-5-3-1;1-2-3-4;/h1-5H;2H,1H2;/q2*-1;+2. The third-order valence-corrected chi connectivity index (χ3v) is 0.639. The Labute approximate surface area is 71.6 Å². The summed E-state index contributed by atoms with van der Waals surface area (Å²) in [6.45, 7) is 3.06. The Kier molecular flexibility index (Phi) is 13.4. The molecule has 1 aromatic carbocycles. The van der Waals surface area contributed by atoms with E-state index in [0.717, 1.165) is 6.08 Å². The van der Waals surface area contributed by atoms with Crippen molar-refractivity contribution in [3.05, 3.63) is 43.0 Å². The zero-order valence-corrected chi connectivity index (χ0v) is 6.54. The monoisotopic (exact) mass is 176 g/mol. The van der Waals surface area contributed by atoms with Crippen LogP contribution in [0.4, 0.5) is 0 Å². The summed E-state index contributed by atoms with van der Waals surface area (Å²) in [5.41, 5.74) is 0. The van der Waals surface area contributed by atoms with Crippen LogP contribution in [0.15, 0.2) is 43.0 Å². The van der Waals surface area contributed by atoms with Gasteiger partial charge in [-0.2, -0.15) is 18.2 Å². The predicted molar refractivity (Wildman–Crippen MR) is 37.9 cm³/mol. The van der Waals surface area contributed by atoms with Crippen molar-refractivity contribution in [1.29, 1.82) is 0 Å². The van der Waals surface area contributed by atoms with Gasteiger partial charge in [0.05, 0.1) is 0 Å². The van der Waals surface area contributed by atoms with Gasteiger partial charge in [0.15, 0.2) is 0 Å². The molecule has 0 radical (unpaired) electrons. The van der Waals surface area contributed by atoms with Crippen LogP contribution in [0.1, 0.15) is 0 Å². The molecule has 0 unspecified atom stereocenters. The van der Waals surface area contributed by atoms with E-state index in [1.54, 1.807) is 0 Å². The van der Waals surface area contributed by atoms with Gasteiger partial charge in [-0.25, -0.2) is 24.8 Å².